The number of hydrogen-bond donors (Lipinski definition) is 0. The van der Waals surface area contributed by atoms with Gasteiger partial charge in [-0.3, -0.25) is 0 Å². The Hall–Kier alpha value is -2.20. The lowest BCUT2D eigenvalue weighted by molar-refractivity contribution is -0.141. The van der Waals surface area contributed by atoms with Crippen LogP contribution in [0.25, 0.3) is 0 Å². The fraction of sp³-hybridized carbons (Fsp3) is 0.375. The number of aromatic nitrogens is 2. The Kier molecular flexibility index (Phi) is 3.92. The number of rotatable bonds is 3. The zero-order chi connectivity index (χ0) is 18.5. The summed E-state index contributed by atoms with van der Waals surface area (Å²) in [6.45, 7) is 0.605. The van der Waals surface area contributed by atoms with Gasteiger partial charge in [-0.2, -0.15) is 17.5 Å². The Balaban J connectivity index is 1.55. The van der Waals surface area contributed by atoms with E-state index in [-0.39, 0.29) is 22.8 Å². The molecule has 0 saturated carbocycles. The van der Waals surface area contributed by atoms with Crippen molar-refractivity contribution in [3.8, 4) is 0 Å². The monoisotopic (exact) mass is 384 g/mol. The minimum atomic E-state index is -4.54. The molecule has 138 valence electrons. The van der Waals surface area contributed by atoms with E-state index in [4.69, 9.17) is 0 Å². The molecule has 0 aliphatic carbocycles. The van der Waals surface area contributed by atoms with E-state index in [0.717, 1.165) is 12.4 Å². The van der Waals surface area contributed by atoms with Crippen LogP contribution < -0.4 is 4.90 Å². The molecule has 5 rings (SSSR count). The van der Waals surface area contributed by atoms with Gasteiger partial charge in [0.05, 0.1) is 4.90 Å². The quantitative estimate of drug-likeness (QED) is 0.811. The summed E-state index contributed by atoms with van der Waals surface area (Å²) >= 11 is 0. The van der Waals surface area contributed by atoms with Crippen LogP contribution in [0.3, 0.4) is 0 Å². The molecule has 2 bridgehead atoms. The molecule has 3 aliphatic heterocycles. The van der Waals surface area contributed by atoms with Gasteiger partial charge in [-0.25, -0.2) is 18.4 Å². The predicted molar refractivity (Wildman–Crippen MR) is 86.9 cm³/mol. The van der Waals surface area contributed by atoms with E-state index >= 15 is 0 Å². The number of sulfonamides is 1. The second-order valence-corrected chi connectivity index (χ2v) is 8.20. The number of halogens is 3. The molecule has 4 heterocycles. The molecule has 2 atom stereocenters. The average molecular weight is 384 g/mol. The van der Waals surface area contributed by atoms with Gasteiger partial charge in [-0.1, -0.05) is 18.2 Å². The molecular formula is C16H15F3N4O2S. The zero-order valence-electron chi connectivity index (χ0n) is 13.5. The molecule has 3 saturated heterocycles. The van der Waals surface area contributed by atoms with Gasteiger partial charge in [0, 0.05) is 31.2 Å². The Morgan fingerprint density at radius 1 is 1.04 bits per heavy atom. The molecule has 6 nitrogen and oxygen atoms in total. The van der Waals surface area contributed by atoms with Gasteiger partial charge in [0.1, 0.15) is 17.8 Å². The summed E-state index contributed by atoms with van der Waals surface area (Å²) in [6, 6.07) is 8.50. The molecule has 26 heavy (non-hydrogen) atoms. The third kappa shape index (κ3) is 2.82. The highest BCUT2D eigenvalue weighted by molar-refractivity contribution is 7.89. The van der Waals surface area contributed by atoms with Crippen LogP contribution in [0.2, 0.25) is 0 Å². The van der Waals surface area contributed by atoms with Crippen LogP contribution in [0.5, 0.6) is 0 Å². The van der Waals surface area contributed by atoms with E-state index in [2.05, 4.69) is 9.97 Å². The highest BCUT2D eigenvalue weighted by Gasteiger charge is 2.51. The van der Waals surface area contributed by atoms with Crippen LogP contribution in [0.4, 0.5) is 19.0 Å². The van der Waals surface area contributed by atoms with Gasteiger partial charge in [0.2, 0.25) is 10.0 Å². The summed E-state index contributed by atoms with van der Waals surface area (Å²) in [6.07, 6.45) is -2.96. The zero-order valence-corrected chi connectivity index (χ0v) is 14.3. The number of hydrogen-bond acceptors (Lipinski definition) is 5. The van der Waals surface area contributed by atoms with Gasteiger partial charge in [0.15, 0.2) is 0 Å². The van der Waals surface area contributed by atoms with Crippen molar-refractivity contribution in [2.24, 2.45) is 0 Å². The van der Waals surface area contributed by atoms with Crippen molar-refractivity contribution in [1.82, 2.24) is 14.3 Å². The maximum Gasteiger partial charge on any atom is 0.433 e. The largest absolute Gasteiger partial charge is 0.433 e. The van der Waals surface area contributed by atoms with E-state index in [9.17, 15) is 21.6 Å². The molecule has 3 aliphatic rings. The predicted octanol–water partition coefficient (Wildman–Crippen LogP) is 2.15. The molecule has 1 aromatic carbocycles. The first-order valence-corrected chi connectivity index (χ1v) is 9.43. The van der Waals surface area contributed by atoms with Gasteiger partial charge >= 0.3 is 6.18 Å². The van der Waals surface area contributed by atoms with Crippen molar-refractivity contribution in [1.29, 1.82) is 0 Å². The van der Waals surface area contributed by atoms with Gasteiger partial charge in [0.25, 0.3) is 0 Å². The van der Waals surface area contributed by atoms with Gasteiger partial charge in [-0.15, -0.1) is 0 Å². The van der Waals surface area contributed by atoms with Crippen molar-refractivity contribution in [2.45, 2.75) is 29.6 Å². The summed E-state index contributed by atoms with van der Waals surface area (Å²) in [5.74, 6) is 0.166. The van der Waals surface area contributed by atoms with Gasteiger partial charge < -0.3 is 4.90 Å². The Labute approximate surface area is 148 Å². The number of benzene rings is 1. The first-order valence-electron chi connectivity index (χ1n) is 7.99. The lowest BCUT2D eigenvalue weighted by Gasteiger charge is -2.55. The second kappa shape index (κ2) is 5.92. The fourth-order valence-corrected chi connectivity index (χ4v) is 5.38. The molecule has 0 spiro atoms. The van der Waals surface area contributed by atoms with Crippen molar-refractivity contribution in [2.75, 3.05) is 18.0 Å². The van der Waals surface area contributed by atoms with E-state index in [0.29, 0.717) is 19.5 Å². The first kappa shape index (κ1) is 17.2. The molecule has 0 N–H and O–H groups in total. The van der Waals surface area contributed by atoms with Crippen LogP contribution in [-0.2, 0) is 16.2 Å². The molecule has 1 aromatic heterocycles. The van der Waals surface area contributed by atoms with E-state index < -0.39 is 21.9 Å². The summed E-state index contributed by atoms with van der Waals surface area (Å²) < 4.78 is 65.5. The number of nitrogens with zero attached hydrogens (tertiary/aromatic N) is 4. The second-order valence-electron chi connectivity index (χ2n) is 6.36. The minimum absolute atomic E-state index is 0.166. The van der Waals surface area contributed by atoms with Crippen LogP contribution in [0.1, 0.15) is 12.1 Å². The first-order chi connectivity index (χ1) is 12.3. The van der Waals surface area contributed by atoms with Crippen LogP contribution in [0, 0.1) is 0 Å². The van der Waals surface area contributed by atoms with Crippen molar-refractivity contribution < 1.29 is 21.6 Å². The van der Waals surface area contributed by atoms with Crippen LogP contribution in [-0.4, -0.2) is 47.9 Å². The minimum Gasteiger partial charge on any atom is -0.353 e. The number of piperazine rings is 1. The summed E-state index contributed by atoms with van der Waals surface area (Å²) in [4.78, 5) is 9.10. The average Bonchev–Trinajstić information content (AvgIpc) is 2.61. The van der Waals surface area contributed by atoms with E-state index in [1.54, 1.807) is 35.2 Å². The Morgan fingerprint density at radius 3 is 2.31 bits per heavy atom. The van der Waals surface area contributed by atoms with Crippen LogP contribution in [0.15, 0.2) is 47.6 Å². The number of anilines is 1. The lowest BCUT2D eigenvalue weighted by Crippen LogP contribution is -2.70. The maximum absolute atomic E-state index is 12.8. The summed E-state index contributed by atoms with van der Waals surface area (Å²) in [5.41, 5.74) is -1.00. The van der Waals surface area contributed by atoms with Crippen molar-refractivity contribution >= 4 is 15.8 Å². The standard InChI is InChI=1S/C16H15F3N4O2S/c17-16(18,19)14-7-15(21-10-20-14)22-8-11-6-12(9-22)23(11)26(24,25)13-4-2-1-3-5-13/h1-5,7,10-12H,6,8-9H2. The van der Waals surface area contributed by atoms with Crippen molar-refractivity contribution in [3.63, 3.8) is 0 Å². The number of fused-ring (bicyclic) bond motifs is 2. The normalized spacial score (nSPS) is 23.6. The highest BCUT2D eigenvalue weighted by atomic mass is 32.2. The Bertz CT molecular complexity index is 909. The lowest BCUT2D eigenvalue weighted by atomic mass is 9.91. The summed E-state index contributed by atoms with van der Waals surface area (Å²) in [7, 11) is -3.60. The molecule has 10 heteroatoms. The highest BCUT2D eigenvalue weighted by Crippen LogP contribution is 2.39. The topological polar surface area (TPSA) is 66.4 Å². The number of piperidine rings is 1. The third-order valence-electron chi connectivity index (χ3n) is 4.71. The molecule has 2 aromatic rings. The molecular weight excluding hydrogens is 369 g/mol. The molecule has 2 unspecified atom stereocenters. The third-order valence-corrected chi connectivity index (χ3v) is 6.73. The maximum atomic E-state index is 12.8. The molecule has 3 fully saturated rings. The molecule has 0 radical (unpaired) electrons. The number of alkyl halides is 3. The van der Waals surface area contributed by atoms with E-state index in [1.165, 1.54) is 4.31 Å². The van der Waals surface area contributed by atoms with Crippen molar-refractivity contribution in [3.05, 3.63) is 48.4 Å². The fourth-order valence-electron chi connectivity index (χ4n) is 3.54. The Morgan fingerprint density at radius 2 is 1.69 bits per heavy atom. The molecule has 0 amide bonds. The SMILES string of the molecule is O=S(=O)(c1ccccc1)N1C2CC1CN(c1cc(C(F)(F)F)ncn1)C2. The van der Waals surface area contributed by atoms with Crippen LogP contribution >= 0.6 is 0 Å². The smallest absolute Gasteiger partial charge is 0.353 e. The van der Waals surface area contributed by atoms with E-state index in [1.807, 2.05) is 0 Å². The van der Waals surface area contributed by atoms with Gasteiger partial charge in [-0.05, 0) is 18.6 Å². The summed E-state index contributed by atoms with van der Waals surface area (Å²) in [5, 5.41) is 0.